The van der Waals surface area contributed by atoms with E-state index in [4.69, 9.17) is 0 Å². The number of hydrogen-bond acceptors (Lipinski definition) is 4. The van der Waals surface area contributed by atoms with Gasteiger partial charge in [0, 0.05) is 37.1 Å². The molecule has 1 saturated heterocycles. The van der Waals surface area contributed by atoms with Crippen LogP contribution in [-0.2, 0) is 6.54 Å². The molecule has 1 unspecified atom stereocenters. The van der Waals surface area contributed by atoms with E-state index < -0.39 is 0 Å². The van der Waals surface area contributed by atoms with Crippen LogP contribution in [0.5, 0.6) is 0 Å². The smallest absolute Gasteiger partial charge is 0.142 e. The monoisotopic (exact) mass is 234 g/mol. The Kier molecular flexibility index (Phi) is 3.74. The summed E-state index contributed by atoms with van der Waals surface area (Å²) in [5.41, 5.74) is 0.171. The molecule has 4 heteroatoms. The van der Waals surface area contributed by atoms with Crippen molar-refractivity contribution in [3.63, 3.8) is 0 Å². The van der Waals surface area contributed by atoms with Crippen molar-refractivity contribution in [2.45, 2.75) is 45.3 Å². The highest BCUT2D eigenvalue weighted by Crippen LogP contribution is 2.21. The molecule has 2 rings (SSSR count). The van der Waals surface area contributed by atoms with Crippen molar-refractivity contribution in [2.75, 3.05) is 13.1 Å². The maximum Gasteiger partial charge on any atom is 0.142 e. The average Bonchev–Trinajstić information content (AvgIpc) is 2.33. The zero-order chi connectivity index (χ0) is 12.3. The number of hydrogen-bond donors (Lipinski definition) is 1. The van der Waals surface area contributed by atoms with Gasteiger partial charge in [0.1, 0.15) is 5.82 Å². The third-order valence-electron chi connectivity index (χ3n) is 3.56. The summed E-state index contributed by atoms with van der Waals surface area (Å²) in [6, 6.07) is 2.45. The first-order chi connectivity index (χ1) is 8.12. The fourth-order valence-electron chi connectivity index (χ4n) is 2.22. The van der Waals surface area contributed by atoms with Crippen molar-refractivity contribution in [2.24, 2.45) is 0 Å². The topological polar surface area (TPSA) is 41.1 Å². The summed E-state index contributed by atoms with van der Waals surface area (Å²) >= 11 is 0. The average molecular weight is 234 g/mol. The second kappa shape index (κ2) is 5.10. The zero-order valence-electron chi connectivity index (χ0n) is 11.0. The summed E-state index contributed by atoms with van der Waals surface area (Å²) in [7, 11) is 0. The van der Waals surface area contributed by atoms with Crippen molar-refractivity contribution in [3.8, 4) is 0 Å². The molecule has 0 spiro atoms. The molecule has 1 aromatic rings. The van der Waals surface area contributed by atoms with Crippen molar-refractivity contribution in [1.82, 2.24) is 20.2 Å². The molecular weight excluding hydrogens is 212 g/mol. The molecule has 1 fully saturated rings. The van der Waals surface area contributed by atoms with Gasteiger partial charge in [-0.3, -0.25) is 4.90 Å². The molecule has 0 radical (unpaired) electrons. The molecular formula is C13H22N4. The summed E-state index contributed by atoms with van der Waals surface area (Å²) in [6.07, 6.45) is 4.80. The molecule has 0 amide bonds. The van der Waals surface area contributed by atoms with E-state index in [-0.39, 0.29) is 5.54 Å². The first-order valence-corrected chi connectivity index (χ1v) is 6.36. The van der Waals surface area contributed by atoms with Crippen LogP contribution in [0.25, 0.3) is 0 Å². The van der Waals surface area contributed by atoms with Gasteiger partial charge in [0.15, 0.2) is 0 Å². The number of rotatable bonds is 3. The van der Waals surface area contributed by atoms with Crippen LogP contribution in [0.1, 0.15) is 33.0 Å². The van der Waals surface area contributed by atoms with Gasteiger partial charge in [0.05, 0.1) is 6.54 Å². The third-order valence-corrected chi connectivity index (χ3v) is 3.56. The van der Waals surface area contributed by atoms with Crippen molar-refractivity contribution in [1.29, 1.82) is 0 Å². The molecule has 94 valence electrons. The number of nitrogens with one attached hydrogen (secondary N) is 1. The third kappa shape index (κ3) is 3.01. The minimum atomic E-state index is 0.171. The van der Waals surface area contributed by atoms with Gasteiger partial charge < -0.3 is 5.32 Å². The lowest BCUT2D eigenvalue weighted by Gasteiger charge is -2.45. The first-order valence-electron chi connectivity index (χ1n) is 6.36. The summed E-state index contributed by atoms with van der Waals surface area (Å²) in [6.45, 7) is 9.71. The van der Waals surface area contributed by atoms with Crippen LogP contribution in [0.3, 0.4) is 0 Å². The fourth-order valence-corrected chi connectivity index (χ4v) is 2.22. The minimum Gasteiger partial charge on any atom is -0.311 e. The van der Waals surface area contributed by atoms with Crippen LogP contribution in [-0.4, -0.2) is 39.5 Å². The lowest BCUT2D eigenvalue weighted by atomic mass is 9.96. The summed E-state index contributed by atoms with van der Waals surface area (Å²) in [4.78, 5) is 11.1. The van der Waals surface area contributed by atoms with Gasteiger partial charge in [-0.2, -0.15) is 0 Å². The normalized spacial score (nSPS) is 24.8. The highest BCUT2D eigenvalue weighted by molar-refractivity contribution is 4.96. The van der Waals surface area contributed by atoms with E-state index in [1.807, 2.05) is 18.5 Å². The first kappa shape index (κ1) is 12.5. The maximum absolute atomic E-state index is 4.32. The van der Waals surface area contributed by atoms with Gasteiger partial charge in [0.25, 0.3) is 0 Å². The quantitative estimate of drug-likeness (QED) is 0.859. The summed E-state index contributed by atoms with van der Waals surface area (Å²) in [5, 5.41) is 3.59. The molecule has 0 aromatic carbocycles. The van der Waals surface area contributed by atoms with Crippen LogP contribution >= 0.6 is 0 Å². The van der Waals surface area contributed by atoms with Crippen molar-refractivity contribution in [3.05, 3.63) is 24.3 Å². The Morgan fingerprint density at radius 1 is 1.41 bits per heavy atom. The fraction of sp³-hybridized carbons (Fsp3) is 0.692. The van der Waals surface area contributed by atoms with Crippen LogP contribution < -0.4 is 5.32 Å². The Hall–Kier alpha value is -1.00. The van der Waals surface area contributed by atoms with Gasteiger partial charge in [-0.25, -0.2) is 9.97 Å². The predicted molar refractivity (Wildman–Crippen MR) is 68.6 cm³/mol. The highest BCUT2D eigenvalue weighted by atomic mass is 15.3. The summed E-state index contributed by atoms with van der Waals surface area (Å²) in [5.74, 6) is 0.914. The van der Waals surface area contributed by atoms with Gasteiger partial charge in [-0.15, -0.1) is 0 Å². The lowest BCUT2D eigenvalue weighted by Crippen LogP contribution is -2.61. The molecule has 1 atom stereocenters. The number of nitrogens with zero attached hydrogens (tertiary/aromatic N) is 3. The van der Waals surface area contributed by atoms with Crippen LogP contribution in [0.15, 0.2) is 18.5 Å². The molecule has 0 aliphatic carbocycles. The van der Waals surface area contributed by atoms with E-state index >= 15 is 0 Å². The Balaban J connectivity index is 2.06. The maximum atomic E-state index is 4.32. The van der Waals surface area contributed by atoms with Crippen molar-refractivity contribution < 1.29 is 0 Å². The molecule has 1 aliphatic heterocycles. The second-order valence-electron chi connectivity index (χ2n) is 5.34. The number of piperazine rings is 1. The Bertz CT molecular complexity index is 350. The highest BCUT2D eigenvalue weighted by Gasteiger charge is 2.33. The zero-order valence-corrected chi connectivity index (χ0v) is 11.0. The van der Waals surface area contributed by atoms with Gasteiger partial charge >= 0.3 is 0 Å². The van der Waals surface area contributed by atoms with Crippen LogP contribution in [0.4, 0.5) is 0 Å². The molecule has 17 heavy (non-hydrogen) atoms. The van der Waals surface area contributed by atoms with E-state index in [0.29, 0.717) is 6.04 Å². The Morgan fingerprint density at radius 3 is 2.76 bits per heavy atom. The standard InChI is InChI=1S/C13H22N4/c1-4-11-8-17(13(2,3)10-16-11)9-12-14-6-5-7-15-12/h5-7,11,16H,4,8-10H2,1-3H3. The largest absolute Gasteiger partial charge is 0.311 e. The Labute approximate surface area is 103 Å². The predicted octanol–water partition coefficient (Wildman–Crippen LogP) is 1.44. The van der Waals surface area contributed by atoms with Crippen LogP contribution in [0, 0.1) is 0 Å². The van der Waals surface area contributed by atoms with E-state index in [0.717, 1.165) is 25.5 Å². The number of aromatic nitrogens is 2. The minimum absolute atomic E-state index is 0.171. The molecule has 0 bridgehead atoms. The van der Waals surface area contributed by atoms with E-state index in [9.17, 15) is 0 Å². The Morgan fingerprint density at radius 2 is 2.12 bits per heavy atom. The molecule has 0 saturated carbocycles. The molecule has 4 nitrogen and oxygen atoms in total. The second-order valence-corrected chi connectivity index (χ2v) is 5.34. The molecule has 1 aromatic heterocycles. The van der Waals surface area contributed by atoms with Crippen LogP contribution in [0.2, 0.25) is 0 Å². The van der Waals surface area contributed by atoms with Gasteiger partial charge in [-0.05, 0) is 26.3 Å². The van der Waals surface area contributed by atoms with E-state index in [2.05, 4.69) is 41.0 Å². The molecule has 1 aliphatic rings. The molecule has 2 heterocycles. The van der Waals surface area contributed by atoms with Crippen molar-refractivity contribution >= 4 is 0 Å². The lowest BCUT2D eigenvalue weighted by molar-refractivity contribution is 0.0552. The van der Waals surface area contributed by atoms with Gasteiger partial charge in [-0.1, -0.05) is 6.92 Å². The van der Waals surface area contributed by atoms with E-state index in [1.54, 1.807) is 0 Å². The van der Waals surface area contributed by atoms with Gasteiger partial charge in [0.2, 0.25) is 0 Å². The molecule has 1 N–H and O–H groups in total. The summed E-state index contributed by atoms with van der Waals surface area (Å²) < 4.78 is 0. The SMILES string of the molecule is CCC1CN(Cc2ncccn2)C(C)(C)CN1. The van der Waals surface area contributed by atoms with E-state index in [1.165, 1.54) is 6.42 Å².